The Morgan fingerprint density at radius 3 is 2.62 bits per heavy atom. The van der Waals surface area contributed by atoms with E-state index in [1.807, 2.05) is 24.4 Å². The molecular formula is C5H5BrClN. The third-order valence-corrected chi connectivity index (χ3v) is 2.11. The van der Waals surface area contributed by atoms with Gasteiger partial charge in [-0.3, -0.25) is 3.93 Å². The molecule has 1 nitrogen and oxygen atoms in total. The molecule has 0 spiro atoms. The molecule has 0 aromatic heterocycles. The number of allylic oxidation sites excluding steroid dienone is 2. The minimum Gasteiger partial charge on any atom is -0.295 e. The molecule has 1 aliphatic rings. The molecule has 0 N–H and O–H groups in total. The summed E-state index contributed by atoms with van der Waals surface area (Å²) < 4.78 is 1.74. The van der Waals surface area contributed by atoms with Crippen molar-refractivity contribution in [2.24, 2.45) is 0 Å². The Bertz CT molecular complexity index is 116. The molecule has 1 aliphatic heterocycles. The van der Waals surface area contributed by atoms with Crippen LogP contribution in [0.2, 0.25) is 0 Å². The van der Waals surface area contributed by atoms with E-state index >= 15 is 0 Å². The molecule has 0 saturated carbocycles. The summed E-state index contributed by atoms with van der Waals surface area (Å²) in [7, 11) is 0. The van der Waals surface area contributed by atoms with Crippen LogP contribution in [0.15, 0.2) is 24.4 Å². The van der Waals surface area contributed by atoms with Crippen LogP contribution in [0.3, 0.4) is 0 Å². The predicted molar refractivity (Wildman–Crippen MR) is 38.7 cm³/mol. The average Bonchev–Trinajstić information content (AvgIpc) is 1.77. The van der Waals surface area contributed by atoms with E-state index in [0.717, 1.165) is 0 Å². The first-order valence-corrected chi connectivity index (χ1v) is 3.38. The van der Waals surface area contributed by atoms with Crippen LogP contribution in [0, 0.1) is 0 Å². The number of rotatable bonds is 0. The highest BCUT2D eigenvalue weighted by atomic mass is 79.9. The largest absolute Gasteiger partial charge is 0.295 e. The Labute approximate surface area is 62.0 Å². The van der Waals surface area contributed by atoms with Crippen molar-refractivity contribution in [3.8, 4) is 0 Å². The average molecular weight is 194 g/mol. The fourth-order valence-corrected chi connectivity index (χ4v) is 0.874. The topological polar surface area (TPSA) is 3.24 Å². The number of alkyl halides is 1. The minimum absolute atomic E-state index is 0.0417. The summed E-state index contributed by atoms with van der Waals surface area (Å²) in [4.78, 5) is 0. The van der Waals surface area contributed by atoms with E-state index in [9.17, 15) is 0 Å². The van der Waals surface area contributed by atoms with E-state index in [2.05, 4.69) is 16.1 Å². The van der Waals surface area contributed by atoms with Gasteiger partial charge in [-0.05, 0) is 12.2 Å². The highest BCUT2D eigenvalue weighted by Crippen LogP contribution is 2.15. The van der Waals surface area contributed by atoms with Crippen molar-refractivity contribution in [1.82, 2.24) is 3.93 Å². The van der Waals surface area contributed by atoms with Crippen LogP contribution in [0.1, 0.15) is 0 Å². The van der Waals surface area contributed by atoms with Crippen LogP contribution in [0.25, 0.3) is 0 Å². The lowest BCUT2D eigenvalue weighted by Gasteiger charge is -2.16. The Morgan fingerprint density at radius 2 is 2.25 bits per heavy atom. The van der Waals surface area contributed by atoms with Gasteiger partial charge in [-0.25, -0.2) is 0 Å². The minimum atomic E-state index is -0.0417. The summed E-state index contributed by atoms with van der Waals surface area (Å²) in [6, 6.07) is 0. The second-order valence-corrected chi connectivity index (χ2v) is 2.71. The predicted octanol–water partition coefficient (Wildman–Crippen LogP) is 2.25. The summed E-state index contributed by atoms with van der Waals surface area (Å²) in [5.74, 6) is 0. The summed E-state index contributed by atoms with van der Waals surface area (Å²) >= 11 is 8.93. The molecular weight excluding hydrogens is 189 g/mol. The van der Waals surface area contributed by atoms with Gasteiger partial charge in [-0.15, -0.1) is 0 Å². The van der Waals surface area contributed by atoms with E-state index < -0.39 is 0 Å². The highest BCUT2D eigenvalue weighted by molar-refractivity contribution is 9.07. The fourth-order valence-electron chi connectivity index (χ4n) is 0.452. The van der Waals surface area contributed by atoms with Crippen LogP contribution in [-0.4, -0.2) is 9.43 Å². The lowest BCUT2D eigenvalue weighted by molar-refractivity contribution is 0.662. The lowest BCUT2D eigenvalue weighted by Crippen LogP contribution is -2.13. The summed E-state index contributed by atoms with van der Waals surface area (Å²) in [6.07, 6.45) is 7.57. The van der Waals surface area contributed by atoms with Crippen molar-refractivity contribution in [2.45, 2.75) is 5.50 Å². The number of nitrogens with zero attached hydrogens (tertiary/aromatic N) is 1. The van der Waals surface area contributed by atoms with Gasteiger partial charge in [-0.1, -0.05) is 17.7 Å². The highest BCUT2D eigenvalue weighted by Gasteiger charge is 2.05. The monoisotopic (exact) mass is 193 g/mol. The van der Waals surface area contributed by atoms with Crippen LogP contribution in [0.5, 0.6) is 0 Å². The molecule has 1 rings (SSSR count). The fraction of sp³-hybridized carbons (Fsp3) is 0.200. The van der Waals surface area contributed by atoms with Gasteiger partial charge in [0.05, 0.1) is 16.1 Å². The quantitative estimate of drug-likeness (QED) is 0.325. The van der Waals surface area contributed by atoms with Crippen LogP contribution in [-0.2, 0) is 0 Å². The number of hydrogen-bond donors (Lipinski definition) is 0. The smallest absolute Gasteiger partial charge is 0.132 e. The van der Waals surface area contributed by atoms with Crippen molar-refractivity contribution >= 4 is 27.7 Å². The Morgan fingerprint density at radius 1 is 1.50 bits per heavy atom. The summed E-state index contributed by atoms with van der Waals surface area (Å²) in [6.45, 7) is 0. The van der Waals surface area contributed by atoms with Crippen LogP contribution >= 0.6 is 27.7 Å². The zero-order valence-corrected chi connectivity index (χ0v) is 6.43. The van der Waals surface area contributed by atoms with Gasteiger partial charge >= 0.3 is 0 Å². The second-order valence-electron chi connectivity index (χ2n) is 1.44. The molecule has 3 heteroatoms. The first-order valence-electron chi connectivity index (χ1n) is 2.24. The van der Waals surface area contributed by atoms with Gasteiger partial charge < -0.3 is 0 Å². The zero-order valence-electron chi connectivity index (χ0n) is 4.09. The molecule has 0 fully saturated rings. The van der Waals surface area contributed by atoms with Gasteiger partial charge in [0, 0.05) is 6.20 Å². The normalized spacial score (nSPS) is 26.8. The van der Waals surface area contributed by atoms with Crippen molar-refractivity contribution in [1.29, 1.82) is 0 Å². The summed E-state index contributed by atoms with van der Waals surface area (Å²) in [5, 5.41) is 0. The first kappa shape index (κ1) is 6.17. The van der Waals surface area contributed by atoms with Gasteiger partial charge in [0.2, 0.25) is 0 Å². The van der Waals surface area contributed by atoms with Gasteiger partial charge in [-0.2, -0.15) is 0 Å². The molecule has 0 bridgehead atoms. The number of halogens is 2. The molecule has 0 radical (unpaired) electrons. The van der Waals surface area contributed by atoms with Crippen LogP contribution < -0.4 is 0 Å². The van der Waals surface area contributed by atoms with E-state index in [4.69, 9.17) is 11.6 Å². The van der Waals surface area contributed by atoms with Gasteiger partial charge in [0.15, 0.2) is 0 Å². The molecule has 44 valence electrons. The molecule has 0 aromatic rings. The van der Waals surface area contributed by atoms with Crippen molar-refractivity contribution in [3.63, 3.8) is 0 Å². The Hall–Kier alpha value is 0.0500. The number of hydrogen-bond acceptors (Lipinski definition) is 1. The molecule has 8 heavy (non-hydrogen) atoms. The van der Waals surface area contributed by atoms with E-state index in [0.29, 0.717) is 0 Å². The molecule has 1 heterocycles. The molecule has 0 amide bonds. The SMILES string of the molecule is ClC1C=CC=CN1Br. The second kappa shape index (κ2) is 2.55. The van der Waals surface area contributed by atoms with E-state index in [1.54, 1.807) is 3.93 Å². The van der Waals surface area contributed by atoms with Crippen molar-refractivity contribution in [3.05, 3.63) is 24.4 Å². The van der Waals surface area contributed by atoms with E-state index in [-0.39, 0.29) is 5.50 Å². The molecule has 1 unspecified atom stereocenters. The maximum absolute atomic E-state index is 5.71. The van der Waals surface area contributed by atoms with E-state index in [1.165, 1.54) is 0 Å². The zero-order chi connectivity index (χ0) is 5.98. The molecule has 0 saturated heterocycles. The van der Waals surface area contributed by atoms with Crippen molar-refractivity contribution in [2.75, 3.05) is 0 Å². The maximum Gasteiger partial charge on any atom is 0.132 e. The lowest BCUT2D eigenvalue weighted by atomic mass is 10.4. The third-order valence-electron chi connectivity index (χ3n) is 0.845. The Balaban J connectivity index is 2.59. The first-order chi connectivity index (χ1) is 3.80. The summed E-state index contributed by atoms with van der Waals surface area (Å²) in [5.41, 5.74) is -0.0417. The van der Waals surface area contributed by atoms with Gasteiger partial charge in [0.25, 0.3) is 0 Å². The Kier molecular flexibility index (Phi) is 1.97. The van der Waals surface area contributed by atoms with Crippen LogP contribution in [0.4, 0.5) is 0 Å². The molecule has 0 aromatic carbocycles. The molecule has 0 aliphatic carbocycles. The maximum atomic E-state index is 5.71. The van der Waals surface area contributed by atoms with Gasteiger partial charge in [0.1, 0.15) is 5.50 Å². The molecule has 1 atom stereocenters. The van der Waals surface area contributed by atoms with Crippen molar-refractivity contribution < 1.29 is 0 Å². The standard InChI is InChI=1S/C5H5BrClN/c6-8-4-2-1-3-5(8)7/h1-5H. The third kappa shape index (κ3) is 1.26.